The van der Waals surface area contributed by atoms with Crippen LogP contribution in [0.15, 0.2) is 30.3 Å². The Morgan fingerprint density at radius 2 is 1.80 bits per heavy atom. The smallest absolute Gasteiger partial charge is 0.122 e. The maximum atomic E-state index is 5.23. The summed E-state index contributed by atoms with van der Waals surface area (Å²) in [6.07, 6.45) is 0. The van der Waals surface area contributed by atoms with E-state index in [1.54, 1.807) is 0 Å². The zero-order valence-electron chi connectivity index (χ0n) is 5.70. The molecular weight excluding hydrogens is 258 g/mol. The van der Waals surface area contributed by atoms with E-state index in [0.717, 1.165) is 5.75 Å². The third-order valence-corrected chi connectivity index (χ3v) is 1.40. The largest absolute Gasteiger partial charge is 0.477 e. The van der Waals surface area contributed by atoms with Crippen molar-refractivity contribution in [3.8, 4) is 5.75 Å². The van der Waals surface area contributed by atoms with Crippen LogP contribution in [-0.2, 0) is 0 Å². The van der Waals surface area contributed by atoms with Gasteiger partial charge in [0.2, 0.25) is 0 Å². The number of para-hydroxylation sites is 1. The third kappa shape index (κ3) is 3.37. The molecule has 0 saturated heterocycles. The van der Waals surface area contributed by atoms with Gasteiger partial charge in [-0.2, -0.15) is 0 Å². The van der Waals surface area contributed by atoms with Crippen molar-refractivity contribution in [2.75, 3.05) is 6.66 Å². The van der Waals surface area contributed by atoms with Crippen molar-refractivity contribution in [3.63, 3.8) is 0 Å². The number of halogens is 1. The van der Waals surface area contributed by atoms with Gasteiger partial charge in [0.05, 0.1) is 8.81 Å². The minimum absolute atomic E-state index is 0. The Morgan fingerprint density at radius 1 is 1.20 bits per heavy atom. The molecule has 3 heteroatoms. The van der Waals surface area contributed by atoms with Gasteiger partial charge in [-0.1, -0.05) is 18.2 Å². The second-order valence-electron chi connectivity index (χ2n) is 1.62. The molecule has 1 aromatic carbocycles. The maximum absolute atomic E-state index is 5.23. The molecule has 0 spiro atoms. The van der Waals surface area contributed by atoms with Crippen LogP contribution in [0, 0.1) is 0 Å². The van der Waals surface area contributed by atoms with Crippen LogP contribution in [0.5, 0.6) is 5.75 Å². The van der Waals surface area contributed by atoms with Crippen LogP contribution in [0.1, 0.15) is 0 Å². The summed E-state index contributed by atoms with van der Waals surface area (Å²) < 4.78 is 5.23. The van der Waals surface area contributed by atoms with E-state index in [0.29, 0.717) is 8.81 Å². The molecule has 0 bridgehead atoms. The first-order valence-electron chi connectivity index (χ1n) is 2.82. The van der Waals surface area contributed by atoms with Crippen LogP contribution in [0.2, 0.25) is 0 Å². The molecule has 0 aliphatic heterocycles. The van der Waals surface area contributed by atoms with Crippen LogP contribution in [-0.4, -0.2) is 6.66 Å². The normalized spacial score (nSPS) is 9.30. The molecule has 0 fully saturated rings. The first-order chi connectivity index (χ1) is 4.43. The standard InChI is InChI=1S/C7H9OP.HI/c1-9-8-7-5-3-2-4-6-7;/h2-6,9H,1H3;1H. The molecule has 0 amide bonds. The topological polar surface area (TPSA) is 9.23 Å². The predicted octanol–water partition coefficient (Wildman–Crippen LogP) is 2.91. The molecule has 0 aromatic heterocycles. The second-order valence-corrected chi connectivity index (χ2v) is 2.23. The van der Waals surface area contributed by atoms with E-state index in [1.165, 1.54) is 0 Å². The fourth-order valence-electron chi connectivity index (χ4n) is 0.606. The molecule has 0 heterocycles. The molecule has 56 valence electrons. The highest BCUT2D eigenvalue weighted by Crippen LogP contribution is 2.15. The average Bonchev–Trinajstić information content (AvgIpc) is 1.91. The van der Waals surface area contributed by atoms with Gasteiger partial charge in [-0.15, -0.1) is 24.0 Å². The summed E-state index contributed by atoms with van der Waals surface area (Å²) in [5.41, 5.74) is 0. The quantitative estimate of drug-likeness (QED) is 0.592. The summed E-state index contributed by atoms with van der Waals surface area (Å²) >= 11 is 0. The van der Waals surface area contributed by atoms with Gasteiger partial charge in [-0.25, -0.2) is 0 Å². The van der Waals surface area contributed by atoms with Crippen molar-refractivity contribution in [3.05, 3.63) is 30.3 Å². The van der Waals surface area contributed by atoms with E-state index in [4.69, 9.17) is 4.52 Å². The summed E-state index contributed by atoms with van der Waals surface area (Å²) in [5.74, 6) is 0.957. The molecule has 0 N–H and O–H groups in total. The van der Waals surface area contributed by atoms with Crippen LogP contribution in [0.4, 0.5) is 0 Å². The van der Waals surface area contributed by atoms with E-state index in [-0.39, 0.29) is 24.0 Å². The molecule has 0 aliphatic carbocycles. The monoisotopic (exact) mass is 268 g/mol. The Kier molecular flexibility index (Phi) is 6.03. The van der Waals surface area contributed by atoms with E-state index >= 15 is 0 Å². The van der Waals surface area contributed by atoms with Crippen LogP contribution >= 0.6 is 32.8 Å². The fourth-order valence-corrected chi connectivity index (χ4v) is 0.978. The summed E-state index contributed by atoms with van der Waals surface area (Å²) in [5, 5.41) is 0. The van der Waals surface area contributed by atoms with Gasteiger partial charge in [0, 0.05) is 0 Å². The van der Waals surface area contributed by atoms with Crippen molar-refractivity contribution >= 4 is 32.8 Å². The second kappa shape index (κ2) is 5.93. The summed E-state index contributed by atoms with van der Waals surface area (Å²) in [6.45, 7) is 2.01. The number of hydrogen-bond donors (Lipinski definition) is 0. The highest BCUT2D eigenvalue weighted by Gasteiger charge is 1.84. The Hall–Kier alpha value is 0.180. The Morgan fingerprint density at radius 3 is 2.30 bits per heavy atom. The minimum atomic E-state index is 0. The highest BCUT2D eigenvalue weighted by molar-refractivity contribution is 14.0. The maximum Gasteiger partial charge on any atom is 0.122 e. The van der Waals surface area contributed by atoms with Crippen molar-refractivity contribution in [1.82, 2.24) is 0 Å². The van der Waals surface area contributed by atoms with Gasteiger partial charge < -0.3 is 4.52 Å². The molecule has 1 aromatic rings. The molecule has 1 atom stereocenters. The van der Waals surface area contributed by atoms with Gasteiger partial charge in [0.15, 0.2) is 0 Å². The zero-order valence-corrected chi connectivity index (χ0v) is 9.03. The summed E-state index contributed by atoms with van der Waals surface area (Å²) in [4.78, 5) is 0. The van der Waals surface area contributed by atoms with Gasteiger partial charge >= 0.3 is 0 Å². The average molecular weight is 268 g/mol. The van der Waals surface area contributed by atoms with Gasteiger partial charge in [0.25, 0.3) is 0 Å². The molecule has 0 aliphatic rings. The van der Waals surface area contributed by atoms with Crippen molar-refractivity contribution in [1.29, 1.82) is 0 Å². The minimum Gasteiger partial charge on any atom is -0.477 e. The SMILES string of the molecule is CPOc1ccccc1.I. The molecule has 10 heavy (non-hydrogen) atoms. The highest BCUT2D eigenvalue weighted by atomic mass is 127. The van der Waals surface area contributed by atoms with Crippen molar-refractivity contribution < 1.29 is 4.52 Å². The Bertz CT molecular complexity index is 167. The Labute approximate surface area is 80.1 Å². The Balaban J connectivity index is 0.000000810. The number of rotatable bonds is 2. The molecule has 0 saturated carbocycles. The van der Waals surface area contributed by atoms with Gasteiger partial charge in [-0.3, -0.25) is 0 Å². The van der Waals surface area contributed by atoms with E-state index in [1.807, 2.05) is 37.0 Å². The van der Waals surface area contributed by atoms with Crippen LogP contribution in [0.25, 0.3) is 0 Å². The lowest BCUT2D eigenvalue weighted by atomic mass is 10.3. The molecule has 1 unspecified atom stereocenters. The third-order valence-electron chi connectivity index (χ3n) is 0.963. The lowest BCUT2D eigenvalue weighted by molar-refractivity contribution is 0.635. The van der Waals surface area contributed by atoms with Crippen LogP contribution in [0.3, 0.4) is 0 Å². The number of hydrogen-bond acceptors (Lipinski definition) is 1. The molecule has 1 rings (SSSR count). The van der Waals surface area contributed by atoms with Crippen molar-refractivity contribution in [2.45, 2.75) is 0 Å². The fraction of sp³-hybridized carbons (Fsp3) is 0.143. The van der Waals surface area contributed by atoms with E-state index in [2.05, 4.69) is 0 Å². The lowest BCUT2D eigenvalue weighted by Gasteiger charge is -1.98. The first-order valence-corrected chi connectivity index (χ1v) is 4.23. The van der Waals surface area contributed by atoms with Gasteiger partial charge in [-0.05, 0) is 18.8 Å². The summed E-state index contributed by atoms with van der Waals surface area (Å²) in [6, 6.07) is 9.82. The molecular formula is C7H10IOP. The predicted molar refractivity (Wildman–Crippen MR) is 56.7 cm³/mol. The summed E-state index contributed by atoms with van der Waals surface area (Å²) in [7, 11) is 0.535. The number of benzene rings is 1. The molecule has 1 nitrogen and oxygen atoms in total. The van der Waals surface area contributed by atoms with E-state index < -0.39 is 0 Å². The lowest BCUT2D eigenvalue weighted by Crippen LogP contribution is -1.73. The van der Waals surface area contributed by atoms with E-state index in [9.17, 15) is 0 Å². The van der Waals surface area contributed by atoms with Gasteiger partial charge in [0.1, 0.15) is 5.75 Å². The van der Waals surface area contributed by atoms with Crippen molar-refractivity contribution in [2.24, 2.45) is 0 Å². The molecule has 0 radical (unpaired) electrons. The zero-order chi connectivity index (χ0) is 6.53. The van der Waals surface area contributed by atoms with Crippen LogP contribution < -0.4 is 4.52 Å². The first kappa shape index (κ1) is 10.2.